The molecule has 13 heteroatoms. The highest BCUT2D eigenvalue weighted by Gasteiger charge is 2.22. The molecule has 0 spiro atoms. The van der Waals surface area contributed by atoms with Gasteiger partial charge >= 0.3 is 15.1 Å². The van der Waals surface area contributed by atoms with Gasteiger partial charge in [0.25, 0.3) is 0 Å². The first-order chi connectivity index (χ1) is 12.5. The van der Waals surface area contributed by atoms with E-state index in [4.69, 9.17) is 4.55 Å². The van der Waals surface area contributed by atoms with Crippen molar-refractivity contribution >= 4 is 31.8 Å². The molecule has 0 aromatic heterocycles. The van der Waals surface area contributed by atoms with E-state index < -0.39 is 55.8 Å². The second kappa shape index (κ2) is 10.5. The molecule has 0 atom stereocenters. The highest BCUT2D eigenvalue weighted by molar-refractivity contribution is 8.70. The van der Waals surface area contributed by atoms with Gasteiger partial charge in [0.15, 0.2) is 11.6 Å². The zero-order chi connectivity index (χ0) is 20.6. The number of hydrogen-bond acceptors (Lipinski definition) is 6. The molecule has 0 bridgehead atoms. The van der Waals surface area contributed by atoms with Gasteiger partial charge in [-0.3, -0.25) is 14.1 Å². The van der Waals surface area contributed by atoms with E-state index in [1.807, 2.05) is 0 Å². The average Bonchev–Trinajstić information content (AvgIpc) is 2.57. The number of amides is 1. The summed E-state index contributed by atoms with van der Waals surface area (Å²) in [5.74, 6) is -10.6. The minimum atomic E-state index is -4.30. The van der Waals surface area contributed by atoms with Crippen molar-refractivity contribution < 1.29 is 44.9 Å². The maximum absolute atomic E-state index is 13.3. The lowest BCUT2D eigenvalue weighted by molar-refractivity contribution is -0.135. The number of carbonyl (C=O) groups is 2. The third kappa shape index (κ3) is 8.58. The Morgan fingerprint density at radius 1 is 1.07 bits per heavy atom. The van der Waals surface area contributed by atoms with Gasteiger partial charge in [-0.05, 0) is 12.8 Å². The Bertz CT molecular complexity index is 777. The number of benzene rings is 1. The highest BCUT2D eigenvalue weighted by Crippen LogP contribution is 2.26. The minimum absolute atomic E-state index is 0.00915. The highest BCUT2D eigenvalue weighted by atomic mass is 33.1. The fourth-order valence-electron chi connectivity index (χ4n) is 1.78. The van der Waals surface area contributed by atoms with Crippen molar-refractivity contribution in [2.45, 2.75) is 25.7 Å². The van der Waals surface area contributed by atoms with Gasteiger partial charge in [-0.25, -0.2) is 8.78 Å². The molecule has 152 valence electrons. The van der Waals surface area contributed by atoms with Crippen LogP contribution < -0.4 is 10.1 Å². The molecule has 0 saturated heterocycles. The van der Waals surface area contributed by atoms with Crippen LogP contribution in [0.1, 0.15) is 25.7 Å². The number of ether oxygens (including phenoxy) is 1. The molecule has 0 fully saturated rings. The summed E-state index contributed by atoms with van der Waals surface area (Å²) in [6.07, 6.45) is 0.704. The quantitative estimate of drug-likeness (QED) is 0.111. The van der Waals surface area contributed by atoms with Crippen molar-refractivity contribution in [1.29, 1.82) is 0 Å². The lowest BCUT2D eigenvalue weighted by Gasteiger charge is -2.08. The Hall–Kier alpha value is -1.86. The molecule has 1 aromatic carbocycles. The van der Waals surface area contributed by atoms with Crippen molar-refractivity contribution in [1.82, 2.24) is 5.32 Å². The Balaban J connectivity index is 2.28. The first kappa shape index (κ1) is 23.2. The van der Waals surface area contributed by atoms with Crippen LogP contribution in [0, 0.1) is 23.3 Å². The summed E-state index contributed by atoms with van der Waals surface area (Å²) >= 11 is 0. The third-order valence-electron chi connectivity index (χ3n) is 3.01. The monoisotopic (exact) mass is 433 g/mol. The summed E-state index contributed by atoms with van der Waals surface area (Å²) in [4.78, 5) is 22.7. The molecule has 7 nitrogen and oxygen atoms in total. The molecule has 0 aliphatic heterocycles. The van der Waals surface area contributed by atoms with Crippen LogP contribution in [0.25, 0.3) is 0 Å². The van der Waals surface area contributed by atoms with Gasteiger partial charge in [0, 0.05) is 29.8 Å². The zero-order valence-electron chi connectivity index (χ0n) is 13.6. The van der Waals surface area contributed by atoms with Crippen LogP contribution in [0.5, 0.6) is 5.75 Å². The van der Waals surface area contributed by atoms with E-state index in [1.54, 1.807) is 0 Å². The molecule has 0 saturated carbocycles. The van der Waals surface area contributed by atoms with Crippen molar-refractivity contribution in [2.75, 3.05) is 12.3 Å². The minimum Gasteiger partial charge on any atom is -0.420 e. The van der Waals surface area contributed by atoms with Crippen LogP contribution in [-0.2, 0) is 18.7 Å². The lowest BCUT2D eigenvalue weighted by Crippen LogP contribution is -2.26. The maximum Gasteiger partial charge on any atom is 0.320 e. The van der Waals surface area contributed by atoms with Gasteiger partial charge in [0.05, 0.1) is 5.75 Å². The number of halogens is 4. The summed E-state index contributed by atoms with van der Waals surface area (Å²) < 4.78 is 86.3. The first-order valence-corrected chi connectivity index (χ1v) is 10.4. The maximum atomic E-state index is 13.3. The van der Waals surface area contributed by atoms with E-state index in [1.165, 1.54) is 0 Å². The molecule has 0 aliphatic rings. The summed E-state index contributed by atoms with van der Waals surface area (Å²) in [7, 11) is -4.24. The Kier molecular flexibility index (Phi) is 8.99. The fraction of sp³-hybridized carbons (Fsp3) is 0.429. The van der Waals surface area contributed by atoms with Gasteiger partial charge in [-0.15, -0.1) is 0 Å². The van der Waals surface area contributed by atoms with E-state index in [0.717, 1.165) is 0 Å². The number of nitrogens with one attached hydrogen (secondary N) is 1. The van der Waals surface area contributed by atoms with E-state index in [0.29, 0.717) is 12.8 Å². The second-order valence-electron chi connectivity index (χ2n) is 5.12. The topological polar surface area (TPSA) is 110 Å². The van der Waals surface area contributed by atoms with E-state index >= 15 is 0 Å². The molecule has 0 aliphatic carbocycles. The number of rotatable bonds is 10. The lowest BCUT2D eigenvalue weighted by atomic mass is 10.2. The van der Waals surface area contributed by atoms with Crippen molar-refractivity contribution in [3.8, 4) is 5.75 Å². The number of hydrogen-bond donors (Lipinski definition) is 2. The van der Waals surface area contributed by atoms with Crippen LogP contribution in [0.2, 0.25) is 0 Å². The van der Waals surface area contributed by atoms with Crippen LogP contribution in [0.3, 0.4) is 0 Å². The first-order valence-electron chi connectivity index (χ1n) is 7.43. The van der Waals surface area contributed by atoms with Crippen LogP contribution in [0.4, 0.5) is 17.6 Å². The predicted octanol–water partition coefficient (Wildman–Crippen LogP) is 2.36. The van der Waals surface area contributed by atoms with E-state index in [-0.39, 0.29) is 36.2 Å². The van der Waals surface area contributed by atoms with Crippen LogP contribution in [0.15, 0.2) is 6.07 Å². The van der Waals surface area contributed by atoms with Gasteiger partial charge in [-0.1, -0.05) is 6.42 Å². The fourth-order valence-corrected chi connectivity index (χ4v) is 2.91. The largest absolute Gasteiger partial charge is 0.420 e. The molecular formula is C14H15F4NO6S2. The molecular weight excluding hydrogens is 418 g/mol. The smallest absolute Gasteiger partial charge is 0.320 e. The van der Waals surface area contributed by atoms with E-state index in [2.05, 4.69) is 10.1 Å². The number of unbranched alkanes of at least 4 members (excludes halogenated alkanes) is 2. The average molecular weight is 433 g/mol. The van der Waals surface area contributed by atoms with Crippen LogP contribution >= 0.6 is 10.8 Å². The molecule has 2 N–H and O–H groups in total. The molecule has 0 heterocycles. The van der Waals surface area contributed by atoms with Gasteiger partial charge in [0.2, 0.25) is 23.3 Å². The zero-order valence-corrected chi connectivity index (χ0v) is 15.3. The summed E-state index contributed by atoms with van der Waals surface area (Å²) in [5.41, 5.74) is 0. The summed E-state index contributed by atoms with van der Waals surface area (Å²) in [6.45, 7) is 0.165. The van der Waals surface area contributed by atoms with E-state index in [9.17, 15) is 35.6 Å². The van der Waals surface area contributed by atoms with Gasteiger partial charge in [0.1, 0.15) is 0 Å². The third-order valence-corrected chi connectivity index (χ3v) is 4.93. The Morgan fingerprint density at radius 3 is 2.22 bits per heavy atom. The number of esters is 1. The Labute approximate surface area is 155 Å². The van der Waals surface area contributed by atoms with Crippen molar-refractivity contribution in [3.63, 3.8) is 0 Å². The number of carbonyl (C=O) groups excluding carboxylic acids is 2. The molecule has 0 radical (unpaired) electrons. The molecule has 27 heavy (non-hydrogen) atoms. The molecule has 0 unspecified atom stereocenters. The van der Waals surface area contributed by atoms with Crippen molar-refractivity contribution in [2.24, 2.45) is 0 Å². The molecule has 1 rings (SSSR count). The molecule has 1 amide bonds. The molecule has 1 aromatic rings. The SMILES string of the molecule is O=C(CSS(=O)(=O)O)NCCCCCC(=O)Oc1c(F)c(F)cc(F)c1F. The second-order valence-corrected chi connectivity index (χ2v) is 8.47. The van der Waals surface area contributed by atoms with Gasteiger partial charge < -0.3 is 10.1 Å². The Morgan fingerprint density at radius 2 is 1.67 bits per heavy atom. The standard InChI is InChI=1S/C14H15F4NO6S2/c15-8-6-9(16)13(18)14(12(8)17)25-11(21)4-2-1-3-5-19-10(20)7-26-27(22,23)24/h6H,1-5,7H2,(H,19,20)(H,22,23,24). The van der Waals surface area contributed by atoms with Crippen LogP contribution in [-0.4, -0.2) is 37.1 Å². The van der Waals surface area contributed by atoms with Gasteiger partial charge in [-0.2, -0.15) is 17.2 Å². The normalized spacial score (nSPS) is 11.3. The predicted molar refractivity (Wildman–Crippen MR) is 87.4 cm³/mol. The summed E-state index contributed by atoms with van der Waals surface area (Å²) in [5, 5.41) is 2.38. The summed E-state index contributed by atoms with van der Waals surface area (Å²) in [6, 6.07) is -0.00915. The van der Waals surface area contributed by atoms with Crippen molar-refractivity contribution in [3.05, 3.63) is 29.3 Å².